The van der Waals surface area contributed by atoms with E-state index in [0.29, 0.717) is 19.3 Å². The number of hydrogen-bond donors (Lipinski definition) is 0. The lowest BCUT2D eigenvalue weighted by Gasteiger charge is -2.18. The Morgan fingerprint density at radius 3 is 0.852 bits per heavy atom. The molecule has 1 unspecified atom stereocenters. The van der Waals surface area contributed by atoms with Gasteiger partial charge in [-0.15, -0.1) is 0 Å². The van der Waals surface area contributed by atoms with Gasteiger partial charge < -0.3 is 14.2 Å². The molecule has 0 heterocycles. The van der Waals surface area contributed by atoms with Gasteiger partial charge in [-0.2, -0.15) is 0 Å². The summed E-state index contributed by atoms with van der Waals surface area (Å²) >= 11 is 0. The van der Waals surface area contributed by atoms with E-state index >= 15 is 0 Å². The molecule has 0 aliphatic rings. The first-order valence-electron chi connectivity index (χ1n) is 27.1. The van der Waals surface area contributed by atoms with Crippen LogP contribution in [0.5, 0.6) is 0 Å². The van der Waals surface area contributed by atoms with Crippen molar-refractivity contribution in [3.63, 3.8) is 0 Å². The Labute approximate surface area is 380 Å². The number of carbonyl (C=O) groups excluding carboxylic acids is 3. The van der Waals surface area contributed by atoms with Crippen LogP contribution in [0.3, 0.4) is 0 Å². The molecule has 0 aliphatic carbocycles. The monoisotopic (exact) mass is 863 g/mol. The van der Waals surface area contributed by atoms with Gasteiger partial charge in [0.25, 0.3) is 0 Å². The van der Waals surface area contributed by atoms with E-state index in [9.17, 15) is 14.4 Å². The van der Waals surface area contributed by atoms with Gasteiger partial charge in [-0.05, 0) is 37.0 Å². The van der Waals surface area contributed by atoms with Gasteiger partial charge >= 0.3 is 17.9 Å². The van der Waals surface area contributed by atoms with Crippen LogP contribution in [0.15, 0.2) is 0 Å². The number of rotatable bonds is 48. The standard InChI is InChI=1S/C55H106O6/c1-7-51(6)43-37-31-27-28-33-39-45-54(57)60-48-52(47-59-53(56)44-38-32-25-21-17-14-10-12-16-20-24-30-36-42-50(4)5)61-55(58)46-40-34-26-22-18-13-9-8-11-15-19-23-29-35-41-49(2)3/h49-52H,7-48H2,1-6H3/t51?,52-/m0/s1. The van der Waals surface area contributed by atoms with Gasteiger partial charge in [0.05, 0.1) is 0 Å². The molecule has 0 aromatic rings. The molecule has 0 saturated carbocycles. The Morgan fingerprint density at radius 2 is 0.574 bits per heavy atom. The van der Waals surface area contributed by atoms with Crippen LogP contribution in [-0.2, 0) is 28.6 Å². The molecule has 6 nitrogen and oxygen atoms in total. The van der Waals surface area contributed by atoms with Gasteiger partial charge in [0.15, 0.2) is 6.10 Å². The Morgan fingerprint density at radius 1 is 0.328 bits per heavy atom. The SMILES string of the molecule is CCC(C)CCCCCCCCC(=O)OC[C@H](COC(=O)CCCCCCCCCCCCCCCC(C)C)OC(=O)CCCCCCCCCCCCCCCCC(C)C. The zero-order chi connectivity index (χ0) is 44.9. The normalized spacial score (nSPS) is 12.6. The first-order valence-corrected chi connectivity index (χ1v) is 27.1. The van der Waals surface area contributed by atoms with Crippen molar-refractivity contribution in [3.8, 4) is 0 Å². The number of ether oxygens (including phenoxy) is 3. The van der Waals surface area contributed by atoms with Crippen LogP contribution in [0.25, 0.3) is 0 Å². The maximum atomic E-state index is 12.8. The van der Waals surface area contributed by atoms with E-state index in [2.05, 4.69) is 41.5 Å². The summed E-state index contributed by atoms with van der Waals surface area (Å²) in [5, 5.41) is 0. The van der Waals surface area contributed by atoms with Crippen molar-refractivity contribution in [2.75, 3.05) is 13.2 Å². The van der Waals surface area contributed by atoms with Crippen molar-refractivity contribution in [2.45, 2.75) is 304 Å². The zero-order valence-electron chi connectivity index (χ0n) is 42.0. The molecular formula is C55H106O6. The highest BCUT2D eigenvalue weighted by Crippen LogP contribution is 2.18. The molecule has 0 fully saturated rings. The van der Waals surface area contributed by atoms with E-state index in [-0.39, 0.29) is 31.1 Å². The summed E-state index contributed by atoms with van der Waals surface area (Å²) in [7, 11) is 0. The highest BCUT2D eigenvalue weighted by molar-refractivity contribution is 5.71. The molecule has 6 heteroatoms. The van der Waals surface area contributed by atoms with Crippen LogP contribution in [0, 0.1) is 17.8 Å². The van der Waals surface area contributed by atoms with Crippen molar-refractivity contribution in [2.24, 2.45) is 17.8 Å². The summed E-state index contributed by atoms with van der Waals surface area (Å²) < 4.78 is 16.8. The Bertz CT molecular complexity index is 947. The fraction of sp³-hybridized carbons (Fsp3) is 0.945. The lowest BCUT2D eigenvalue weighted by atomic mass is 10.00. The minimum Gasteiger partial charge on any atom is -0.462 e. The summed E-state index contributed by atoms with van der Waals surface area (Å²) in [6, 6.07) is 0. The molecule has 0 aromatic carbocycles. The summed E-state index contributed by atoms with van der Waals surface area (Å²) in [6.07, 6.45) is 46.6. The Hall–Kier alpha value is -1.59. The van der Waals surface area contributed by atoms with E-state index in [1.165, 1.54) is 180 Å². The summed E-state index contributed by atoms with van der Waals surface area (Å²) in [4.78, 5) is 38.0. The summed E-state index contributed by atoms with van der Waals surface area (Å²) in [6.45, 7) is 13.7. The largest absolute Gasteiger partial charge is 0.462 e. The molecule has 362 valence electrons. The third-order valence-electron chi connectivity index (χ3n) is 12.8. The first-order chi connectivity index (χ1) is 29.6. The van der Waals surface area contributed by atoms with E-state index in [1.54, 1.807) is 0 Å². The third-order valence-corrected chi connectivity index (χ3v) is 12.8. The van der Waals surface area contributed by atoms with Gasteiger partial charge in [0.2, 0.25) is 0 Å². The van der Waals surface area contributed by atoms with Crippen molar-refractivity contribution < 1.29 is 28.6 Å². The van der Waals surface area contributed by atoms with Crippen LogP contribution in [0.4, 0.5) is 0 Å². The van der Waals surface area contributed by atoms with E-state index in [4.69, 9.17) is 14.2 Å². The Kier molecular flexibility index (Phi) is 45.2. The van der Waals surface area contributed by atoms with Gasteiger partial charge in [-0.3, -0.25) is 14.4 Å². The number of hydrogen-bond acceptors (Lipinski definition) is 6. The van der Waals surface area contributed by atoms with Crippen LogP contribution < -0.4 is 0 Å². The molecule has 0 radical (unpaired) electrons. The molecule has 0 saturated heterocycles. The predicted octanol–water partition coefficient (Wildman–Crippen LogP) is 17.6. The van der Waals surface area contributed by atoms with E-state index < -0.39 is 6.10 Å². The molecule has 2 atom stereocenters. The molecule has 0 spiro atoms. The maximum absolute atomic E-state index is 12.8. The number of carbonyl (C=O) groups is 3. The topological polar surface area (TPSA) is 78.9 Å². The van der Waals surface area contributed by atoms with Crippen molar-refractivity contribution in [3.05, 3.63) is 0 Å². The smallest absolute Gasteiger partial charge is 0.306 e. The van der Waals surface area contributed by atoms with E-state index in [1.807, 2.05) is 0 Å². The average Bonchev–Trinajstić information content (AvgIpc) is 3.23. The minimum absolute atomic E-state index is 0.0647. The second-order valence-corrected chi connectivity index (χ2v) is 20.1. The van der Waals surface area contributed by atoms with Crippen LogP contribution in [-0.4, -0.2) is 37.2 Å². The van der Waals surface area contributed by atoms with E-state index in [0.717, 1.165) is 75.5 Å². The lowest BCUT2D eigenvalue weighted by Crippen LogP contribution is -2.30. The third kappa shape index (κ3) is 47.7. The molecule has 0 N–H and O–H groups in total. The second-order valence-electron chi connectivity index (χ2n) is 20.1. The minimum atomic E-state index is -0.763. The molecule has 0 aromatic heterocycles. The fourth-order valence-electron chi connectivity index (χ4n) is 8.26. The van der Waals surface area contributed by atoms with Crippen molar-refractivity contribution >= 4 is 17.9 Å². The van der Waals surface area contributed by atoms with Crippen LogP contribution >= 0.6 is 0 Å². The number of unbranched alkanes of at least 4 members (excludes halogenated alkanes) is 30. The molecule has 0 rings (SSSR count). The van der Waals surface area contributed by atoms with Crippen LogP contribution in [0.2, 0.25) is 0 Å². The highest BCUT2D eigenvalue weighted by Gasteiger charge is 2.19. The maximum Gasteiger partial charge on any atom is 0.306 e. The molecule has 0 aliphatic heterocycles. The summed E-state index contributed by atoms with van der Waals surface area (Å²) in [5.41, 5.74) is 0. The molecular weight excluding hydrogens is 757 g/mol. The van der Waals surface area contributed by atoms with Gasteiger partial charge in [0.1, 0.15) is 13.2 Å². The average molecular weight is 863 g/mol. The lowest BCUT2D eigenvalue weighted by molar-refractivity contribution is -0.167. The zero-order valence-corrected chi connectivity index (χ0v) is 42.0. The molecule has 0 bridgehead atoms. The first kappa shape index (κ1) is 59.4. The van der Waals surface area contributed by atoms with Gasteiger partial charge in [0, 0.05) is 19.3 Å². The predicted molar refractivity (Wildman–Crippen MR) is 261 cm³/mol. The fourth-order valence-corrected chi connectivity index (χ4v) is 8.26. The molecule has 0 amide bonds. The summed E-state index contributed by atoms with van der Waals surface area (Å²) in [5.74, 6) is 1.65. The second kappa shape index (κ2) is 46.4. The van der Waals surface area contributed by atoms with Gasteiger partial charge in [-0.25, -0.2) is 0 Å². The van der Waals surface area contributed by atoms with Crippen LogP contribution in [0.1, 0.15) is 298 Å². The molecule has 61 heavy (non-hydrogen) atoms. The highest BCUT2D eigenvalue weighted by atomic mass is 16.6. The van der Waals surface area contributed by atoms with Crippen molar-refractivity contribution in [1.29, 1.82) is 0 Å². The Balaban J connectivity index is 4.28. The number of esters is 3. The van der Waals surface area contributed by atoms with Crippen molar-refractivity contribution in [1.82, 2.24) is 0 Å². The van der Waals surface area contributed by atoms with Gasteiger partial charge in [-0.1, -0.05) is 260 Å². The quantitative estimate of drug-likeness (QED) is 0.0344.